The second kappa shape index (κ2) is 7.74. The second-order valence-corrected chi connectivity index (χ2v) is 7.14. The molecule has 0 aliphatic carbocycles. The van der Waals surface area contributed by atoms with Crippen molar-refractivity contribution in [2.75, 3.05) is 0 Å². The molecule has 0 unspecified atom stereocenters. The Morgan fingerprint density at radius 1 is 0.424 bits per heavy atom. The summed E-state index contributed by atoms with van der Waals surface area (Å²) in [6, 6.07) is 0. The number of rotatable bonds is 9. The third-order valence-corrected chi connectivity index (χ3v) is 4.76. The Labute approximate surface area is 165 Å². The molecule has 0 rings (SSSR count). The summed E-state index contributed by atoms with van der Waals surface area (Å²) in [6.07, 6.45) is -8.00. The number of nitrogens with zero attached hydrogens (tertiary/aromatic N) is 2. The van der Waals surface area contributed by atoms with E-state index in [4.69, 9.17) is 0 Å². The average molecular weight is 568 g/mol. The van der Waals surface area contributed by atoms with Crippen LogP contribution in [0.15, 0.2) is 0 Å². The highest BCUT2D eigenvalue weighted by molar-refractivity contribution is 7.90. The minimum atomic E-state index is -9.15. The molecule has 0 atom stereocenters. The molecule has 0 aromatic heterocycles. The molecule has 4 nitrogen and oxygen atoms in total. The van der Waals surface area contributed by atoms with E-state index >= 15 is 0 Å². The lowest BCUT2D eigenvalue weighted by atomic mass is 9.91. The Morgan fingerprint density at radius 3 is 0.909 bits per heavy atom. The van der Waals surface area contributed by atoms with Crippen molar-refractivity contribution in [3.63, 3.8) is 0 Å². The summed E-state index contributed by atoms with van der Waals surface area (Å²) >= 11 is 0. The lowest BCUT2D eigenvalue weighted by molar-refractivity contribution is -0.458. The quantitative estimate of drug-likeness (QED) is 0.211. The van der Waals surface area contributed by atoms with E-state index in [0.29, 0.717) is 0 Å². The molecule has 0 aliphatic heterocycles. The largest absolute Gasteiger partial charge is 0.460 e. The molecule has 0 N–H and O–H groups in total. The van der Waals surface area contributed by atoms with Gasteiger partial charge in [-0.1, -0.05) is 13.4 Å². The van der Waals surface area contributed by atoms with Crippen LogP contribution in [0.2, 0.25) is 0 Å². The molecule has 0 spiro atoms. The normalized spacial score (nSPS) is 16.7. The van der Waals surface area contributed by atoms with Gasteiger partial charge in [0.05, 0.1) is 0 Å². The van der Waals surface area contributed by atoms with Gasteiger partial charge in [0.25, 0.3) is 0 Å². The van der Waals surface area contributed by atoms with Crippen LogP contribution >= 0.6 is 0 Å². The van der Waals surface area contributed by atoms with Gasteiger partial charge in [0.1, 0.15) is 10.1 Å². The van der Waals surface area contributed by atoms with Gasteiger partial charge in [-0.2, -0.15) is 74.6 Å². The summed E-state index contributed by atoms with van der Waals surface area (Å²) in [5.41, 5.74) is -3.76. The van der Waals surface area contributed by atoms with Crippen molar-refractivity contribution in [1.82, 2.24) is 10.1 Å². The summed E-state index contributed by atoms with van der Waals surface area (Å²) in [5, 5.41) is -8.41. The van der Waals surface area contributed by atoms with E-state index in [2.05, 4.69) is 0 Å². The van der Waals surface area contributed by atoms with Crippen LogP contribution in [0.4, 0.5) is 88.1 Å². The van der Waals surface area contributed by atoms with Gasteiger partial charge < -0.3 is 0 Å². The van der Waals surface area contributed by atoms with Crippen molar-refractivity contribution < 1.29 is 96.5 Å². The Kier molecular flexibility index (Phi) is 7.38. The van der Waals surface area contributed by atoms with E-state index < -0.39 is 67.1 Å². The fraction of sp³-hybridized carbons (Fsp3) is 1.00. The Hall–Kier alpha value is -1.53. The van der Waals surface area contributed by atoms with Gasteiger partial charge in [-0.15, -0.1) is 0 Å². The fourth-order valence-electron chi connectivity index (χ4n) is 1.49. The van der Waals surface area contributed by atoms with Gasteiger partial charge in [-0.3, -0.25) is 0 Å². The standard InChI is InChI=1S/C8F20N2O2S/c9-1(10,3(13,14)5(17,18)7(21,22)23)2(11,12)4(15,16)6(19,20)8(24,25)33(31,32)30(28)29(26)27. The van der Waals surface area contributed by atoms with E-state index in [1.54, 1.807) is 0 Å². The van der Waals surface area contributed by atoms with Gasteiger partial charge in [-0.25, -0.2) is 8.42 Å². The second-order valence-electron chi connectivity index (χ2n) is 5.38. The third-order valence-electron chi connectivity index (χ3n) is 3.33. The smallest absolute Gasteiger partial charge is 0.202 e. The van der Waals surface area contributed by atoms with Gasteiger partial charge in [0, 0.05) is 0 Å². The SMILES string of the molecule is O=S(=O)(N(F)N(F)F)C(F)(F)C(F)(F)C(F)(F)C(F)(F)C(F)(F)C(F)(F)C(F)(F)C(F)(F)F. The average Bonchev–Trinajstić information content (AvgIpc) is 2.58. The maximum absolute atomic E-state index is 13.3. The van der Waals surface area contributed by atoms with Crippen LogP contribution in [0.25, 0.3) is 0 Å². The van der Waals surface area contributed by atoms with Crippen LogP contribution in [0.1, 0.15) is 0 Å². The predicted molar refractivity (Wildman–Crippen MR) is 56.6 cm³/mol. The molecule has 200 valence electrons. The van der Waals surface area contributed by atoms with E-state index in [-0.39, 0.29) is 0 Å². The molecule has 0 bridgehead atoms. The molecule has 0 fully saturated rings. The van der Waals surface area contributed by atoms with Crippen LogP contribution in [0, 0.1) is 0 Å². The molecular formula is C8F20N2O2S. The Bertz CT molecular complexity index is 829. The first-order valence-corrected chi connectivity index (χ1v) is 7.83. The van der Waals surface area contributed by atoms with Crippen molar-refractivity contribution in [2.45, 2.75) is 47.0 Å². The number of sulfonamides is 1. The zero-order valence-electron chi connectivity index (χ0n) is 13.7. The summed E-state index contributed by atoms with van der Waals surface area (Å²) in [7, 11) is -8.69. The van der Waals surface area contributed by atoms with Crippen molar-refractivity contribution in [1.29, 1.82) is 0 Å². The van der Waals surface area contributed by atoms with Gasteiger partial charge in [-0.05, 0) is 0 Å². The number of alkyl halides is 17. The summed E-state index contributed by atoms with van der Waals surface area (Å²) in [5.74, 6) is -53.5. The first-order chi connectivity index (χ1) is 13.9. The molecule has 0 aromatic carbocycles. The van der Waals surface area contributed by atoms with Crippen LogP contribution in [0.5, 0.6) is 0 Å². The minimum Gasteiger partial charge on any atom is -0.202 e. The van der Waals surface area contributed by atoms with Crippen LogP contribution < -0.4 is 0 Å². The first-order valence-electron chi connectivity index (χ1n) is 6.39. The molecule has 0 radical (unpaired) electrons. The van der Waals surface area contributed by atoms with Gasteiger partial charge >= 0.3 is 57.0 Å². The Morgan fingerprint density at radius 2 is 0.667 bits per heavy atom. The van der Waals surface area contributed by atoms with Crippen LogP contribution in [-0.2, 0) is 10.0 Å². The van der Waals surface area contributed by atoms with Crippen molar-refractivity contribution in [2.24, 2.45) is 0 Å². The Balaban J connectivity index is 7.03. The highest BCUT2D eigenvalue weighted by Gasteiger charge is 2.96. The van der Waals surface area contributed by atoms with E-state index in [9.17, 15) is 96.5 Å². The van der Waals surface area contributed by atoms with Crippen molar-refractivity contribution in [3.8, 4) is 0 Å². The summed E-state index contributed by atoms with van der Waals surface area (Å²) in [6.45, 7) is 0. The zero-order valence-corrected chi connectivity index (χ0v) is 14.5. The van der Waals surface area contributed by atoms with E-state index in [1.807, 2.05) is 0 Å². The number of hydrogen-bond donors (Lipinski definition) is 0. The van der Waals surface area contributed by atoms with Crippen LogP contribution in [0.3, 0.4) is 0 Å². The molecule has 0 amide bonds. The van der Waals surface area contributed by atoms with E-state index in [1.165, 1.54) is 0 Å². The molecule has 0 heterocycles. The maximum Gasteiger partial charge on any atom is 0.460 e. The lowest BCUT2D eigenvalue weighted by Crippen LogP contribution is -2.75. The summed E-state index contributed by atoms with van der Waals surface area (Å²) < 4.78 is 271. The summed E-state index contributed by atoms with van der Waals surface area (Å²) in [4.78, 5) is 0. The first kappa shape index (κ1) is 31.5. The topological polar surface area (TPSA) is 40.6 Å². The molecule has 0 saturated heterocycles. The monoisotopic (exact) mass is 568 g/mol. The molecule has 0 saturated carbocycles. The molecule has 0 aromatic rings. The molecule has 25 heteroatoms. The van der Waals surface area contributed by atoms with E-state index in [0.717, 1.165) is 0 Å². The highest BCUT2D eigenvalue weighted by atomic mass is 32.2. The fourth-order valence-corrected chi connectivity index (χ4v) is 2.29. The zero-order chi connectivity index (χ0) is 27.7. The van der Waals surface area contributed by atoms with Crippen molar-refractivity contribution in [3.05, 3.63) is 0 Å². The number of hydrogen-bond acceptors (Lipinski definition) is 3. The van der Waals surface area contributed by atoms with Crippen LogP contribution in [-0.4, -0.2) is 65.5 Å². The molecule has 33 heavy (non-hydrogen) atoms. The lowest BCUT2D eigenvalue weighted by Gasteiger charge is -2.42. The van der Waals surface area contributed by atoms with Gasteiger partial charge in [0.2, 0.25) is 0 Å². The van der Waals surface area contributed by atoms with Gasteiger partial charge in [0.15, 0.2) is 0 Å². The molecular weight excluding hydrogens is 568 g/mol. The predicted octanol–water partition coefficient (Wildman–Crippen LogP) is 5.46. The molecule has 0 aliphatic rings. The third kappa shape index (κ3) is 3.81. The highest BCUT2D eigenvalue weighted by Crippen LogP contribution is 2.64. The maximum atomic E-state index is 13.3. The van der Waals surface area contributed by atoms with Crippen molar-refractivity contribution >= 4 is 10.0 Å². The number of halogens is 20. The number of hydrazine groups is 1. The minimum absolute atomic E-state index is 3.76.